The van der Waals surface area contributed by atoms with E-state index in [-0.39, 0.29) is 11.7 Å². The second-order valence-electron chi connectivity index (χ2n) is 7.85. The van der Waals surface area contributed by atoms with E-state index in [9.17, 15) is 19.2 Å². The monoisotopic (exact) mass is 429 g/mol. The Kier molecular flexibility index (Phi) is 4.70. The van der Waals surface area contributed by atoms with Crippen molar-refractivity contribution in [1.82, 2.24) is 5.01 Å². The van der Waals surface area contributed by atoms with Crippen molar-refractivity contribution in [3.05, 3.63) is 72.3 Å². The number of fused-ring (bicyclic) bond motifs is 3. The molecule has 4 atom stereocenters. The zero-order valence-corrected chi connectivity index (χ0v) is 17.1. The molecule has 5 rings (SSSR count). The van der Waals surface area contributed by atoms with Crippen molar-refractivity contribution in [2.24, 2.45) is 16.9 Å². The fraction of sp³-hybridized carbons (Fsp3) is 0.208. The van der Waals surface area contributed by atoms with Gasteiger partial charge >= 0.3 is 5.97 Å². The fourth-order valence-electron chi connectivity index (χ4n) is 4.69. The number of rotatable bonds is 4. The second-order valence-corrected chi connectivity index (χ2v) is 7.85. The number of ketones is 1. The molecule has 0 aromatic heterocycles. The van der Waals surface area contributed by atoms with Crippen molar-refractivity contribution in [1.29, 1.82) is 0 Å². The first-order valence-electron chi connectivity index (χ1n) is 10.2. The van der Waals surface area contributed by atoms with Crippen LogP contribution in [0, 0.1) is 11.8 Å². The Morgan fingerprint density at radius 1 is 0.938 bits per heavy atom. The Hall–Kier alpha value is -4.07. The Balaban J connectivity index is 1.52. The molecule has 3 aliphatic heterocycles. The van der Waals surface area contributed by atoms with Crippen LogP contribution in [-0.2, 0) is 14.4 Å². The van der Waals surface area contributed by atoms with Crippen LogP contribution in [-0.4, -0.2) is 46.9 Å². The minimum absolute atomic E-state index is 0.247. The minimum Gasteiger partial charge on any atom is -0.427 e. The van der Waals surface area contributed by atoms with Crippen molar-refractivity contribution in [3.8, 4) is 5.75 Å². The number of esters is 1. The van der Waals surface area contributed by atoms with E-state index in [2.05, 4.69) is 5.10 Å². The topological polar surface area (TPSA) is 96.3 Å². The van der Waals surface area contributed by atoms with Gasteiger partial charge in [-0.2, -0.15) is 5.10 Å². The number of hydrogen-bond donors (Lipinski definition) is 0. The summed E-state index contributed by atoms with van der Waals surface area (Å²) < 4.78 is 5.02. The van der Waals surface area contributed by atoms with Gasteiger partial charge < -0.3 is 4.74 Å². The van der Waals surface area contributed by atoms with E-state index in [0.29, 0.717) is 17.0 Å². The molecule has 0 aliphatic carbocycles. The van der Waals surface area contributed by atoms with Gasteiger partial charge in [-0.15, -0.1) is 0 Å². The molecule has 2 fully saturated rings. The summed E-state index contributed by atoms with van der Waals surface area (Å²) in [7, 11) is 0. The van der Waals surface area contributed by atoms with Crippen LogP contribution in [0.15, 0.2) is 71.9 Å². The normalized spacial score (nSPS) is 25.7. The molecule has 8 heteroatoms. The Morgan fingerprint density at radius 3 is 2.31 bits per heavy atom. The lowest BCUT2D eigenvalue weighted by molar-refractivity contribution is -0.132. The van der Waals surface area contributed by atoms with Crippen LogP contribution in [0.5, 0.6) is 5.75 Å². The average Bonchev–Trinajstić information content (AvgIpc) is 3.27. The van der Waals surface area contributed by atoms with Gasteiger partial charge in [-0.3, -0.25) is 24.2 Å². The molecular formula is C24H19N3O5. The molecule has 32 heavy (non-hydrogen) atoms. The number of carbonyl (C=O) groups is 4. The van der Waals surface area contributed by atoms with Gasteiger partial charge in [-0.05, 0) is 30.3 Å². The number of anilines is 1. The number of benzene rings is 2. The second kappa shape index (κ2) is 7.56. The highest BCUT2D eigenvalue weighted by Crippen LogP contribution is 2.46. The highest BCUT2D eigenvalue weighted by Gasteiger charge is 2.64. The molecule has 0 spiro atoms. The SMILES string of the molecule is CC(=O)Oc1ccc(N2C(=O)[C@@H]3[C@H](C2=O)[C@H](C(=O)c2ccccc2)N2N=CC=C[C@@H]32)cc1. The highest BCUT2D eigenvalue weighted by molar-refractivity contribution is 6.24. The number of imide groups is 1. The highest BCUT2D eigenvalue weighted by atomic mass is 16.5. The molecule has 2 aromatic rings. The molecule has 2 saturated heterocycles. The van der Waals surface area contributed by atoms with E-state index in [1.54, 1.807) is 59.8 Å². The first-order chi connectivity index (χ1) is 15.5. The van der Waals surface area contributed by atoms with Gasteiger partial charge in [-0.1, -0.05) is 36.4 Å². The summed E-state index contributed by atoms with van der Waals surface area (Å²) in [5.74, 6) is -2.78. The summed E-state index contributed by atoms with van der Waals surface area (Å²) >= 11 is 0. The Labute approximate surface area is 183 Å². The summed E-state index contributed by atoms with van der Waals surface area (Å²) in [6.07, 6.45) is 5.09. The number of hydrazone groups is 1. The lowest BCUT2D eigenvalue weighted by Gasteiger charge is -2.30. The van der Waals surface area contributed by atoms with Gasteiger partial charge in [-0.25, -0.2) is 4.90 Å². The molecule has 8 nitrogen and oxygen atoms in total. The summed E-state index contributed by atoms with van der Waals surface area (Å²) in [6, 6.07) is 13.5. The van der Waals surface area contributed by atoms with Gasteiger partial charge in [0.2, 0.25) is 11.8 Å². The van der Waals surface area contributed by atoms with Crippen LogP contribution in [0.4, 0.5) is 5.69 Å². The van der Waals surface area contributed by atoms with Crippen molar-refractivity contribution in [2.75, 3.05) is 4.90 Å². The first kappa shape index (κ1) is 19.9. The third-order valence-corrected chi connectivity index (χ3v) is 5.97. The molecule has 0 saturated carbocycles. The summed E-state index contributed by atoms with van der Waals surface area (Å²) in [4.78, 5) is 52.6. The molecule has 0 unspecified atom stereocenters. The molecular weight excluding hydrogens is 410 g/mol. The van der Waals surface area contributed by atoms with Crippen LogP contribution >= 0.6 is 0 Å². The lowest BCUT2D eigenvalue weighted by Crippen LogP contribution is -2.46. The summed E-state index contributed by atoms with van der Waals surface area (Å²) in [5, 5.41) is 5.92. The van der Waals surface area contributed by atoms with E-state index in [1.807, 2.05) is 6.07 Å². The van der Waals surface area contributed by atoms with Crippen LogP contribution in [0.2, 0.25) is 0 Å². The number of allylic oxidation sites excluding steroid dienone is 1. The molecule has 2 aromatic carbocycles. The Morgan fingerprint density at radius 2 is 1.62 bits per heavy atom. The van der Waals surface area contributed by atoms with Crippen LogP contribution < -0.4 is 9.64 Å². The standard InChI is InChI=1S/C24H19N3O5/c1-14(28)32-17-11-9-16(10-12-17)26-23(30)19-18-8-5-13-25-27(18)21(20(19)24(26)31)22(29)15-6-3-2-4-7-15/h2-13,18-21H,1H3/t18-,19-,20-,21+/m0/s1. The van der Waals surface area contributed by atoms with E-state index in [0.717, 1.165) is 4.90 Å². The van der Waals surface area contributed by atoms with E-state index in [4.69, 9.17) is 4.74 Å². The maximum atomic E-state index is 13.5. The predicted molar refractivity (Wildman–Crippen MR) is 115 cm³/mol. The number of hydrogen-bond acceptors (Lipinski definition) is 7. The number of Topliss-reactive ketones (excluding diaryl/α,β-unsaturated/α-hetero) is 1. The van der Waals surface area contributed by atoms with Gasteiger partial charge in [0.1, 0.15) is 11.8 Å². The molecule has 3 heterocycles. The molecule has 0 bridgehead atoms. The van der Waals surface area contributed by atoms with Crippen molar-refractivity contribution in [2.45, 2.75) is 19.0 Å². The quantitative estimate of drug-likeness (QED) is 0.320. The molecule has 3 aliphatic rings. The van der Waals surface area contributed by atoms with Crippen molar-refractivity contribution < 1.29 is 23.9 Å². The molecule has 0 N–H and O–H groups in total. The minimum atomic E-state index is -0.879. The van der Waals surface area contributed by atoms with Crippen LogP contribution in [0.1, 0.15) is 17.3 Å². The zero-order chi connectivity index (χ0) is 22.4. The fourth-order valence-corrected chi connectivity index (χ4v) is 4.69. The Bertz CT molecular complexity index is 1170. The smallest absolute Gasteiger partial charge is 0.308 e. The number of ether oxygens (including phenoxy) is 1. The van der Waals surface area contributed by atoms with Gasteiger partial charge in [0, 0.05) is 18.7 Å². The third-order valence-electron chi connectivity index (χ3n) is 5.97. The maximum absolute atomic E-state index is 13.5. The lowest BCUT2D eigenvalue weighted by atomic mass is 9.86. The average molecular weight is 429 g/mol. The van der Waals surface area contributed by atoms with E-state index >= 15 is 0 Å². The first-order valence-corrected chi connectivity index (χ1v) is 10.2. The zero-order valence-electron chi connectivity index (χ0n) is 17.1. The largest absolute Gasteiger partial charge is 0.427 e. The number of amides is 2. The predicted octanol–water partition coefficient (Wildman–Crippen LogP) is 2.21. The summed E-state index contributed by atoms with van der Waals surface area (Å²) in [6.45, 7) is 1.29. The third kappa shape index (κ3) is 3.03. The van der Waals surface area contributed by atoms with Gasteiger partial charge in [0.15, 0.2) is 5.78 Å². The van der Waals surface area contributed by atoms with Crippen LogP contribution in [0.3, 0.4) is 0 Å². The van der Waals surface area contributed by atoms with Crippen molar-refractivity contribution >= 4 is 35.5 Å². The number of carbonyl (C=O) groups excluding carboxylic acids is 4. The van der Waals surface area contributed by atoms with Gasteiger partial charge in [0.05, 0.1) is 23.6 Å². The van der Waals surface area contributed by atoms with E-state index in [1.165, 1.54) is 19.1 Å². The molecule has 160 valence electrons. The van der Waals surface area contributed by atoms with Crippen molar-refractivity contribution in [3.63, 3.8) is 0 Å². The summed E-state index contributed by atoms with van der Waals surface area (Å²) in [5.41, 5.74) is 0.831. The molecule has 2 amide bonds. The molecule has 0 radical (unpaired) electrons. The van der Waals surface area contributed by atoms with Crippen LogP contribution in [0.25, 0.3) is 0 Å². The van der Waals surface area contributed by atoms with E-state index < -0.39 is 35.8 Å². The maximum Gasteiger partial charge on any atom is 0.308 e. The van der Waals surface area contributed by atoms with Gasteiger partial charge in [0.25, 0.3) is 0 Å². The number of nitrogens with zero attached hydrogens (tertiary/aromatic N) is 3.